The fraction of sp³-hybridized carbons (Fsp3) is 0.438. The molecule has 0 spiro atoms. The molecule has 6 nitrogen and oxygen atoms in total. The lowest BCUT2D eigenvalue weighted by molar-refractivity contribution is -0.117. The smallest absolute Gasteiger partial charge is 0.238 e. The molecule has 0 saturated heterocycles. The zero-order valence-corrected chi connectivity index (χ0v) is 13.8. The van der Waals surface area contributed by atoms with Crippen molar-refractivity contribution in [2.45, 2.75) is 42.8 Å². The van der Waals surface area contributed by atoms with Crippen molar-refractivity contribution in [3.63, 3.8) is 0 Å². The molecular formula is C16H18N2O4S. The minimum absolute atomic E-state index is 0.0542. The van der Waals surface area contributed by atoms with Crippen LogP contribution in [0.25, 0.3) is 0 Å². The predicted molar refractivity (Wildman–Crippen MR) is 82.4 cm³/mol. The van der Waals surface area contributed by atoms with E-state index in [0.717, 1.165) is 0 Å². The number of benzene rings is 1. The lowest BCUT2D eigenvalue weighted by atomic mass is 9.91. The molecule has 2 aromatic rings. The highest BCUT2D eigenvalue weighted by Gasteiger charge is 2.54. The van der Waals surface area contributed by atoms with Crippen molar-refractivity contribution in [2.24, 2.45) is 5.92 Å². The summed E-state index contributed by atoms with van der Waals surface area (Å²) in [6.45, 7) is 3.21. The number of carbonyl (C=O) groups excluding carboxylic acids is 1. The first-order valence-corrected chi connectivity index (χ1v) is 8.96. The first kappa shape index (κ1) is 15.9. The van der Waals surface area contributed by atoms with Crippen molar-refractivity contribution < 1.29 is 17.6 Å². The van der Waals surface area contributed by atoms with Gasteiger partial charge in [-0.15, -0.1) is 10.2 Å². The van der Waals surface area contributed by atoms with Gasteiger partial charge in [0.1, 0.15) is 5.78 Å². The van der Waals surface area contributed by atoms with Gasteiger partial charge in [-0.25, -0.2) is 8.42 Å². The van der Waals surface area contributed by atoms with Crippen LogP contribution in [0.15, 0.2) is 39.6 Å². The summed E-state index contributed by atoms with van der Waals surface area (Å²) >= 11 is 0. The van der Waals surface area contributed by atoms with Gasteiger partial charge in [-0.1, -0.05) is 18.2 Å². The van der Waals surface area contributed by atoms with Gasteiger partial charge in [0.2, 0.25) is 11.8 Å². The summed E-state index contributed by atoms with van der Waals surface area (Å²) in [5.74, 6) is 0.0538. The summed E-state index contributed by atoms with van der Waals surface area (Å²) in [5, 5.41) is 7.76. The number of sulfone groups is 1. The van der Waals surface area contributed by atoms with Crippen LogP contribution in [0.1, 0.15) is 38.0 Å². The minimum atomic E-state index is -3.80. The number of nitrogens with zero attached hydrogens (tertiary/aromatic N) is 2. The molecule has 0 aliphatic heterocycles. The number of hydrogen-bond acceptors (Lipinski definition) is 6. The van der Waals surface area contributed by atoms with Crippen molar-refractivity contribution in [3.8, 4) is 0 Å². The van der Waals surface area contributed by atoms with Gasteiger partial charge in [-0.3, -0.25) is 4.79 Å². The van der Waals surface area contributed by atoms with Crippen LogP contribution in [-0.4, -0.2) is 24.4 Å². The Morgan fingerprint density at radius 1 is 1.22 bits per heavy atom. The van der Waals surface area contributed by atoms with Crippen molar-refractivity contribution >= 4 is 15.6 Å². The molecule has 0 radical (unpaired) electrons. The summed E-state index contributed by atoms with van der Waals surface area (Å²) in [7, 11) is -3.80. The van der Waals surface area contributed by atoms with E-state index in [0.29, 0.717) is 18.7 Å². The lowest BCUT2D eigenvalue weighted by Gasteiger charge is -2.31. The molecule has 0 N–H and O–H groups in total. The van der Waals surface area contributed by atoms with E-state index in [4.69, 9.17) is 4.42 Å². The van der Waals surface area contributed by atoms with Gasteiger partial charge in [-0.05, 0) is 31.4 Å². The van der Waals surface area contributed by atoms with E-state index in [9.17, 15) is 13.2 Å². The minimum Gasteiger partial charge on any atom is -0.424 e. The molecular weight excluding hydrogens is 316 g/mol. The van der Waals surface area contributed by atoms with Gasteiger partial charge in [0.25, 0.3) is 0 Å². The van der Waals surface area contributed by atoms with Gasteiger partial charge in [0.15, 0.2) is 14.6 Å². The monoisotopic (exact) mass is 334 g/mol. The van der Waals surface area contributed by atoms with Crippen molar-refractivity contribution in [2.75, 3.05) is 0 Å². The van der Waals surface area contributed by atoms with Crippen LogP contribution < -0.4 is 0 Å². The second-order valence-electron chi connectivity index (χ2n) is 6.03. The Bertz CT molecular complexity index is 829. The standard InChI is InChI=1S/C16H18N2O4S/c1-11-17-18-15(22-11)16(2,12-8-9-13(19)10-12)23(20,21)14-6-4-3-5-7-14/h3-7,12H,8-10H2,1-2H3. The number of hydrogen-bond donors (Lipinski definition) is 0. The molecule has 1 saturated carbocycles. The molecule has 7 heteroatoms. The highest BCUT2D eigenvalue weighted by molar-refractivity contribution is 7.92. The van der Waals surface area contributed by atoms with Crippen LogP contribution in [0, 0.1) is 12.8 Å². The van der Waals surface area contributed by atoms with Crippen molar-refractivity contribution in [3.05, 3.63) is 42.1 Å². The molecule has 1 fully saturated rings. The molecule has 122 valence electrons. The van der Waals surface area contributed by atoms with E-state index in [1.54, 1.807) is 44.2 Å². The first-order chi connectivity index (χ1) is 10.9. The Morgan fingerprint density at radius 2 is 1.91 bits per heavy atom. The Morgan fingerprint density at radius 3 is 2.43 bits per heavy atom. The maximum Gasteiger partial charge on any atom is 0.238 e. The molecule has 1 aromatic heterocycles. The van der Waals surface area contributed by atoms with Crippen LogP contribution >= 0.6 is 0 Å². The molecule has 1 heterocycles. The SMILES string of the molecule is Cc1nnc(C(C)(C2CCC(=O)C2)S(=O)(=O)c2ccccc2)o1. The summed E-state index contributed by atoms with van der Waals surface area (Å²) in [6, 6.07) is 8.20. The highest BCUT2D eigenvalue weighted by atomic mass is 32.2. The number of ketones is 1. The Hall–Kier alpha value is -2.02. The summed E-state index contributed by atoms with van der Waals surface area (Å²) in [5.41, 5.74) is 0. The zero-order chi connectivity index (χ0) is 16.7. The van der Waals surface area contributed by atoms with Gasteiger partial charge in [0.05, 0.1) is 4.90 Å². The third-order valence-electron chi connectivity index (χ3n) is 4.59. The molecule has 1 aromatic carbocycles. The van der Waals surface area contributed by atoms with Crippen LogP contribution in [0.5, 0.6) is 0 Å². The van der Waals surface area contributed by atoms with Crippen molar-refractivity contribution in [1.82, 2.24) is 10.2 Å². The summed E-state index contributed by atoms with van der Waals surface area (Å²) < 4.78 is 30.7. The fourth-order valence-electron chi connectivity index (χ4n) is 3.13. The van der Waals surface area contributed by atoms with Gasteiger partial charge in [-0.2, -0.15) is 0 Å². The molecule has 0 bridgehead atoms. The number of aryl methyl sites for hydroxylation is 1. The average molecular weight is 334 g/mol. The van der Waals surface area contributed by atoms with E-state index >= 15 is 0 Å². The molecule has 2 atom stereocenters. The van der Waals surface area contributed by atoms with E-state index in [-0.39, 0.29) is 28.9 Å². The Balaban J connectivity index is 2.18. The average Bonchev–Trinajstić information content (AvgIpc) is 3.16. The van der Waals surface area contributed by atoms with E-state index in [1.165, 1.54) is 0 Å². The van der Waals surface area contributed by atoms with E-state index < -0.39 is 14.6 Å². The molecule has 23 heavy (non-hydrogen) atoms. The van der Waals surface area contributed by atoms with Gasteiger partial charge < -0.3 is 4.42 Å². The molecule has 1 aliphatic rings. The Kier molecular flexibility index (Phi) is 3.83. The van der Waals surface area contributed by atoms with E-state index in [2.05, 4.69) is 10.2 Å². The number of carbonyl (C=O) groups is 1. The molecule has 2 unspecified atom stereocenters. The molecule has 0 amide bonds. The fourth-order valence-corrected chi connectivity index (χ4v) is 5.09. The highest BCUT2D eigenvalue weighted by Crippen LogP contribution is 2.46. The summed E-state index contributed by atoms with van der Waals surface area (Å²) in [4.78, 5) is 11.9. The molecule has 1 aliphatic carbocycles. The quantitative estimate of drug-likeness (QED) is 0.853. The maximum absolute atomic E-state index is 13.3. The zero-order valence-electron chi connectivity index (χ0n) is 13.0. The second-order valence-corrected chi connectivity index (χ2v) is 8.35. The largest absolute Gasteiger partial charge is 0.424 e. The first-order valence-electron chi connectivity index (χ1n) is 7.47. The topological polar surface area (TPSA) is 90.1 Å². The number of Topliss-reactive ketones (excluding diaryl/α,β-unsaturated/α-hetero) is 1. The van der Waals surface area contributed by atoms with Crippen LogP contribution in [0.3, 0.4) is 0 Å². The molecule has 3 rings (SSSR count). The second kappa shape index (κ2) is 5.56. The van der Waals surface area contributed by atoms with Crippen LogP contribution in [0.2, 0.25) is 0 Å². The normalized spacial score (nSPS) is 21.3. The predicted octanol–water partition coefficient (Wildman–Crippen LogP) is 2.44. The number of rotatable bonds is 4. The third kappa shape index (κ3) is 2.49. The van der Waals surface area contributed by atoms with Gasteiger partial charge in [0, 0.05) is 19.8 Å². The van der Waals surface area contributed by atoms with Gasteiger partial charge >= 0.3 is 0 Å². The summed E-state index contributed by atoms with van der Waals surface area (Å²) in [6.07, 6.45) is 1.10. The van der Waals surface area contributed by atoms with E-state index in [1.807, 2.05) is 0 Å². The maximum atomic E-state index is 13.3. The van der Waals surface area contributed by atoms with Crippen LogP contribution in [-0.2, 0) is 19.4 Å². The lowest BCUT2D eigenvalue weighted by Crippen LogP contribution is -2.40. The van der Waals surface area contributed by atoms with Crippen LogP contribution in [0.4, 0.5) is 0 Å². The Labute approximate surface area is 134 Å². The van der Waals surface area contributed by atoms with Crippen molar-refractivity contribution in [1.29, 1.82) is 0 Å². The number of aromatic nitrogens is 2. The third-order valence-corrected chi connectivity index (χ3v) is 7.10.